The molecule has 190 valence electrons. The number of likely N-dealkylation sites (tertiary alicyclic amines) is 1. The molecule has 5 rings (SSSR count). The maximum absolute atomic E-state index is 15.0. The number of benzene rings is 2. The standard InChI is InChI=1S/C28H30F3N3O2/c29-20-5-6-26-21(16-20)22(28(35)4-3-9-33-7-1-2-8-33)17-27(32-26)19-14-24(30)23(25(31)15-19)18-34-10-12-36-13-11-34/h5-6,14-17H,1-4,7-13,18H2. The zero-order valence-corrected chi connectivity index (χ0v) is 20.2. The van der Waals surface area contributed by atoms with Crippen molar-refractivity contribution in [3.63, 3.8) is 0 Å². The third-order valence-corrected chi connectivity index (χ3v) is 7.07. The summed E-state index contributed by atoms with van der Waals surface area (Å²) in [7, 11) is 0. The van der Waals surface area contributed by atoms with Gasteiger partial charge >= 0.3 is 0 Å². The lowest BCUT2D eigenvalue weighted by Gasteiger charge is -2.27. The van der Waals surface area contributed by atoms with Gasteiger partial charge in [0.05, 0.1) is 24.4 Å². The molecule has 8 heteroatoms. The molecule has 0 spiro atoms. The molecule has 0 aliphatic carbocycles. The first-order valence-electron chi connectivity index (χ1n) is 12.6. The Labute approximate surface area is 208 Å². The summed E-state index contributed by atoms with van der Waals surface area (Å²) in [5.41, 5.74) is 1.27. The van der Waals surface area contributed by atoms with Gasteiger partial charge in [-0.05, 0) is 75.3 Å². The Morgan fingerprint density at radius 1 is 0.917 bits per heavy atom. The molecule has 2 saturated heterocycles. The van der Waals surface area contributed by atoms with Gasteiger partial charge in [-0.1, -0.05) is 0 Å². The number of aromatic nitrogens is 1. The summed E-state index contributed by atoms with van der Waals surface area (Å²) in [5.74, 6) is -1.90. The molecule has 1 aromatic heterocycles. The first-order valence-corrected chi connectivity index (χ1v) is 12.6. The maximum Gasteiger partial charge on any atom is 0.163 e. The second-order valence-electron chi connectivity index (χ2n) is 9.60. The molecule has 0 atom stereocenters. The second kappa shape index (κ2) is 11.1. The van der Waals surface area contributed by atoms with E-state index in [1.807, 2.05) is 4.90 Å². The summed E-state index contributed by atoms with van der Waals surface area (Å²) < 4.78 is 49.4. The predicted molar refractivity (Wildman–Crippen MR) is 132 cm³/mol. The van der Waals surface area contributed by atoms with Crippen LogP contribution in [0, 0.1) is 17.5 Å². The molecule has 3 heterocycles. The van der Waals surface area contributed by atoms with Gasteiger partial charge in [-0.25, -0.2) is 18.2 Å². The first kappa shape index (κ1) is 24.9. The molecular weight excluding hydrogens is 467 g/mol. The second-order valence-corrected chi connectivity index (χ2v) is 9.60. The van der Waals surface area contributed by atoms with E-state index in [4.69, 9.17) is 4.74 Å². The fourth-order valence-corrected chi connectivity index (χ4v) is 5.07. The summed E-state index contributed by atoms with van der Waals surface area (Å²) in [6, 6.07) is 8.13. The van der Waals surface area contributed by atoms with Gasteiger partial charge in [0, 0.05) is 48.1 Å². The van der Waals surface area contributed by atoms with Crippen molar-refractivity contribution in [3.05, 3.63) is 65.0 Å². The number of Topliss-reactive ketones (excluding diaryl/α,β-unsaturated/α-hetero) is 1. The smallest absolute Gasteiger partial charge is 0.163 e. The topological polar surface area (TPSA) is 45.7 Å². The number of carbonyl (C=O) groups is 1. The zero-order chi connectivity index (χ0) is 25.1. The van der Waals surface area contributed by atoms with E-state index in [2.05, 4.69) is 9.88 Å². The van der Waals surface area contributed by atoms with Crippen LogP contribution in [0.1, 0.15) is 41.6 Å². The van der Waals surface area contributed by atoms with Crippen LogP contribution in [0.4, 0.5) is 13.2 Å². The molecule has 0 radical (unpaired) electrons. The highest BCUT2D eigenvalue weighted by Crippen LogP contribution is 2.29. The number of fused-ring (bicyclic) bond motifs is 1. The minimum atomic E-state index is -0.656. The molecule has 3 aromatic rings. The zero-order valence-electron chi connectivity index (χ0n) is 20.2. The average molecular weight is 498 g/mol. The summed E-state index contributed by atoms with van der Waals surface area (Å²) in [4.78, 5) is 22.0. The van der Waals surface area contributed by atoms with E-state index < -0.39 is 17.5 Å². The highest BCUT2D eigenvalue weighted by atomic mass is 19.1. The number of halogens is 3. The van der Waals surface area contributed by atoms with Gasteiger partial charge in [0.25, 0.3) is 0 Å². The molecule has 5 nitrogen and oxygen atoms in total. The average Bonchev–Trinajstić information content (AvgIpc) is 3.39. The molecule has 0 amide bonds. The van der Waals surface area contributed by atoms with E-state index in [0.717, 1.165) is 19.6 Å². The SMILES string of the molecule is O=C(CCCN1CCCC1)c1cc(-c2cc(F)c(CN3CCOCC3)c(F)c2)nc2ccc(F)cc12. The number of hydrogen-bond acceptors (Lipinski definition) is 5. The van der Waals surface area contributed by atoms with Crippen LogP contribution in [-0.2, 0) is 11.3 Å². The van der Waals surface area contributed by atoms with Crippen molar-refractivity contribution in [3.8, 4) is 11.3 Å². The largest absolute Gasteiger partial charge is 0.379 e. The normalized spacial score (nSPS) is 17.2. The van der Waals surface area contributed by atoms with Crippen molar-refractivity contribution in [2.24, 2.45) is 0 Å². The van der Waals surface area contributed by atoms with Crippen LogP contribution in [0.25, 0.3) is 22.2 Å². The van der Waals surface area contributed by atoms with E-state index in [1.54, 1.807) is 0 Å². The van der Waals surface area contributed by atoms with Crippen molar-refractivity contribution in [2.45, 2.75) is 32.2 Å². The quantitative estimate of drug-likeness (QED) is 0.400. The van der Waals surface area contributed by atoms with Crippen LogP contribution >= 0.6 is 0 Å². The van der Waals surface area contributed by atoms with Crippen molar-refractivity contribution >= 4 is 16.7 Å². The molecule has 36 heavy (non-hydrogen) atoms. The van der Waals surface area contributed by atoms with Gasteiger partial charge < -0.3 is 9.64 Å². The van der Waals surface area contributed by atoms with E-state index in [1.165, 1.54) is 49.2 Å². The van der Waals surface area contributed by atoms with Gasteiger partial charge in [-0.2, -0.15) is 0 Å². The third-order valence-electron chi connectivity index (χ3n) is 7.07. The van der Waals surface area contributed by atoms with Gasteiger partial charge in [-0.3, -0.25) is 9.69 Å². The van der Waals surface area contributed by atoms with Crippen molar-refractivity contribution < 1.29 is 22.7 Å². The minimum absolute atomic E-state index is 0.00160. The molecule has 0 unspecified atom stereocenters. The first-order chi connectivity index (χ1) is 17.5. The van der Waals surface area contributed by atoms with Gasteiger partial charge in [-0.15, -0.1) is 0 Å². The van der Waals surface area contributed by atoms with Crippen LogP contribution in [0.2, 0.25) is 0 Å². The van der Waals surface area contributed by atoms with Gasteiger partial charge in [0.1, 0.15) is 17.5 Å². The Bertz CT molecular complexity index is 1230. The minimum Gasteiger partial charge on any atom is -0.379 e. The lowest BCUT2D eigenvalue weighted by molar-refractivity contribution is 0.0332. The lowest BCUT2D eigenvalue weighted by atomic mass is 9.98. The van der Waals surface area contributed by atoms with E-state index >= 15 is 8.78 Å². The number of carbonyl (C=O) groups excluding carboxylic acids is 1. The van der Waals surface area contributed by atoms with Crippen LogP contribution < -0.4 is 0 Å². The van der Waals surface area contributed by atoms with Crippen LogP contribution in [-0.4, -0.2) is 66.5 Å². The van der Waals surface area contributed by atoms with Crippen LogP contribution in [0.15, 0.2) is 36.4 Å². The maximum atomic E-state index is 15.0. The molecular formula is C28H30F3N3O2. The Kier molecular flexibility index (Phi) is 7.65. The van der Waals surface area contributed by atoms with Crippen molar-refractivity contribution in [2.75, 3.05) is 45.9 Å². The highest BCUT2D eigenvalue weighted by Gasteiger charge is 2.20. The van der Waals surface area contributed by atoms with Crippen LogP contribution in [0.5, 0.6) is 0 Å². The fraction of sp³-hybridized carbons (Fsp3) is 0.429. The summed E-state index contributed by atoms with van der Waals surface area (Å²) in [5, 5.41) is 0.412. The summed E-state index contributed by atoms with van der Waals surface area (Å²) >= 11 is 0. The van der Waals surface area contributed by atoms with Crippen molar-refractivity contribution in [1.29, 1.82) is 0 Å². The molecule has 2 aromatic carbocycles. The Hall–Kier alpha value is -2.81. The molecule has 0 N–H and O–H groups in total. The highest BCUT2D eigenvalue weighted by molar-refractivity contribution is 6.08. The summed E-state index contributed by atoms with van der Waals surface area (Å²) in [6.45, 7) is 5.43. The van der Waals surface area contributed by atoms with Gasteiger partial charge in [0.15, 0.2) is 5.78 Å². The van der Waals surface area contributed by atoms with Crippen molar-refractivity contribution in [1.82, 2.24) is 14.8 Å². The molecule has 2 fully saturated rings. The van der Waals surface area contributed by atoms with Gasteiger partial charge in [0.2, 0.25) is 0 Å². The Balaban J connectivity index is 1.43. The number of pyridine rings is 1. The van der Waals surface area contributed by atoms with E-state index in [-0.39, 0.29) is 29.1 Å². The number of rotatable bonds is 8. The molecule has 2 aliphatic rings. The predicted octanol–water partition coefficient (Wildman–Crippen LogP) is 5.21. The Morgan fingerprint density at radius 2 is 1.64 bits per heavy atom. The third kappa shape index (κ3) is 5.61. The monoisotopic (exact) mass is 497 g/mol. The number of ketones is 1. The van der Waals surface area contributed by atoms with E-state index in [9.17, 15) is 9.18 Å². The molecule has 0 bridgehead atoms. The Morgan fingerprint density at radius 3 is 2.36 bits per heavy atom. The number of hydrogen-bond donors (Lipinski definition) is 0. The van der Waals surface area contributed by atoms with Crippen LogP contribution in [0.3, 0.4) is 0 Å². The summed E-state index contributed by atoms with van der Waals surface area (Å²) in [6.07, 6.45) is 3.38. The fourth-order valence-electron chi connectivity index (χ4n) is 5.07. The lowest BCUT2D eigenvalue weighted by Crippen LogP contribution is -2.36. The number of nitrogens with zero attached hydrogens (tertiary/aromatic N) is 3. The molecule has 2 aliphatic heterocycles. The number of morpholine rings is 1. The molecule has 0 saturated carbocycles. The van der Waals surface area contributed by atoms with E-state index in [0.29, 0.717) is 55.6 Å². The number of ether oxygens (including phenoxy) is 1.